The first-order valence-corrected chi connectivity index (χ1v) is 41.3. The van der Waals surface area contributed by atoms with Crippen molar-refractivity contribution in [3.05, 3.63) is 321 Å². The first kappa shape index (κ1) is 82.0. The fourth-order valence-electron chi connectivity index (χ4n) is 17.0. The van der Waals surface area contributed by atoms with Crippen molar-refractivity contribution in [2.45, 2.75) is 108 Å². The van der Waals surface area contributed by atoms with Crippen molar-refractivity contribution < 1.29 is 35.5 Å². The number of likely N-dealkylation sites (tertiary alicyclic amines) is 1. The van der Waals surface area contributed by atoms with Gasteiger partial charge in [0.2, 0.25) is 17.8 Å². The number of alkyl halides is 6. The molecule has 0 amide bonds. The molecule has 12 aromatic rings. The SMILES string of the molecule is CCCCN(C)CCc1ccc(Nc2ncc3c(n2)-c2ccccc2C(c2ccccc2C(F)(F)F)C3)cc1.COCCN1CCN(CCc2ccc(Nc3ncc4c(n3)-c3ccccc3C(c3ccccc3C(F)(F)F)C4)cc2)CC1.Fc1ccccc1[C@@H]1Cc2cnc(Nc3ccc(CCN4CCCCC4)cc3)nc2-c2ccccc21. The summed E-state index contributed by atoms with van der Waals surface area (Å²) in [5.41, 5.74) is 17.4. The number of benzene rings is 9. The maximum Gasteiger partial charge on any atom is 0.416 e. The number of ether oxygens (including phenoxy) is 1. The summed E-state index contributed by atoms with van der Waals surface area (Å²) in [4.78, 5) is 38.1. The number of halogens is 7. The van der Waals surface area contributed by atoms with Crippen LogP contribution in [0.2, 0.25) is 0 Å². The van der Waals surface area contributed by atoms with Crippen LogP contribution in [-0.4, -0.2) is 142 Å². The van der Waals surface area contributed by atoms with E-state index < -0.39 is 35.3 Å². The van der Waals surface area contributed by atoms with Crippen LogP contribution in [0.15, 0.2) is 237 Å². The fourth-order valence-corrected chi connectivity index (χ4v) is 17.0. The van der Waals surface area contributed by atoms with Gasteiger partial charge in [-0.15, -0.1) is 0 Å². The molecule has 9 aromatic carbocycles. The zero-order chi connectivity index (χ0) is 81.5. The van der Waals surface area contributed by atoms with Gasteiger partial charge in [0, 0.05) is 130 Å². The summed E-state index contributed by atoms with van der Waals surface area (Å²) in [6.45, 7) is 15.1. The van der Waals surface area contributed by atoms with E-state index in [-0.39, 0.29) is 22.9 Å². The highest BCUT2D eigenvalue weighted by Crippen LogP contribution is 2.49. The summed E-state index contributed by atoms with van der Waals surface area (Å²) in [5, 5.41) is 9.99. The molecule has 2 aliphatic heterocycles. The zero-order valence-electron chi connectivity index (χ0n) is 67.0. The molecule has 3 aliphatic carbocycles. The van der Waals surface area contributed by atoms with E-state index in [4.69, 9.17) is 19.7 Å². The molecule has 0 radical (unpaired) electrons. The van der Waals surface area contributed by atoms with Gasteiger partial charge in [-0.2, -0.15) is 26.3 Å². The second kappa shape index (κ2) is 38.1. The molecule has 21 heteroatoms. The zero-order valence-corrected chi connectivity index (χ0v) is 67.0. The highest BCUT2D eigenvalue weighted by molar-refractivity contribution is 5.76. The Balaban J connectivity index is 0.000000139. The van der Waals surface area contributed by atoms with Gasteiger partial charge in [-0.3, -0.25) is 4.90 Å². The van der Waals surface area contributed by atoms with E-state index >= 15 is 0 Å². The van der Waals surface area contributed by atoms with Crippen LogP contribution >= 0.6 is 0 Å². The number of rotatable bonds is 24. The molecule has 3 aromatic heterocycles. The summed E-state index contributed by atoms with van der Waals surface area (Å²) >= 11 is 0. The number of piperazine rings is 1. The number of aromatic nitrogens is 6. The molecular weight excluding hydrogens is 1500 g/mol. The van der Waals surface area contributed by atoms with E-state index in [2.05, 4.69) is 125 Å². The first-order valence-electron chi connectivity index (χ1n) is 41.3. The van der Waals surface area contributed by atoms with E-state index in [1.54, 1.807) is 49.8 Å². The van der Waals surface area contributed by atoms with Crippen LogP contribution in [0, 0.1) is 5.82 Å². The number of hydrogen-bond donors (Lipinski definition) is 3. The van der Waals surface area contributed by atoms with Crippen LogP contribution < -0.4 is 16.0 Å². The maximum atomic E-state index is 14.7. The third-order valence-electron chi connectivity index (χ3n) is 23.5. The summed E-state index contributed by atoms with van der Waals surface area (Å²) < 4.78 is 103. The molecule has 5 heterocycles. The minimum atomic E-state index is -4.43. The Labute approximate surface area is 687 Å². The quantitative estimate of drug-likeness (QED) is 0.0495. The third kappa shape index (κ3) is 20.2. The van der Waals surface area contributed by atoms with E-state index in [0.29, 0.717) is 37.1 Å². The standard InChI is InChI=1S/C34H36F3N5O.C32H33F3N4.C31H31FN4/c1-43-21-20-42-18-16-41(17-19-42)15-14-24-10-12-26(13-11-24)39-33-38-23-25-22-30(27-6-2-3-8-29(27)32(25)40-33)28-7-4-5-9-31(28)34(35,36)37;1-3-4-18-39(2)19-17-22-13-15-24(16-14-22)37-31-36-21-23-20-28(25-9-5-6-11-27(25)30(23)38-31)26-10-7-8-12-29(26)32(33,34)35;32-29-11-5-4-9-26(29)28-20-23-21-33-31(35-30(23)27-10-3-2-8-25(27)28)34-24-14-12-22(13-15-24)16-19-36-17-6-1-7-18-36/h2-13,23,30H,14-22H2,1H3,(H,38,39,40);5-16,21,28H,3-4,17-20H2,1-2H3,(H,36,37,38);2-5,8-15,21,28H,1,6-7,16-20H2,(H,33,34,35)/t;;28-/m..1/s1. The van der Waals surface area contributed by atoms with Crippen LogP contribution in [0.3, 0.4) is 0 Å². The largest absolute Gasteiger partial charge is 0.416 e. The molecule has 118 heavy (non-hydrogen) atoms. The van der Waals surface area contributed by atoms with Gasteiger partial charge >= 0.3 is 12.4 Å². The van der Waals surface area contributed by atoms with Crippen molar-refractivity contribution in [2.24, 2.45) is 0 Å². The molecule has 0 bridgehead atoms. The van der Waals surface area contributed by atoms with Gasteiger partial charge in [-0.05, 0) is 206 Å². The lowest BCUT2D eigenvalue weighted by Gasteiger charge is -2.34. The van der Waals surface area contributed by atoms with Crippen molar-refractivity contribution in [2.75, 3.05) is 109 Å². The Bertz CT molecular complexity index is 5340. The Morgan fingerprint density at radius 2 is 0.746 bits per heavy atom. The number of piperidine rings is 1. The van der Waals surface area contributed by atoms with Crippen molar-refractivity contribution >= 4 is 34.9 Å². The summed E-state index contributed by atoms with van der Waals surface area (Å²) in [6, 6.07) is 67.4. The summed E-state index contributed by atoms with van der Waals surface area (Å²) in [6.07, 6.45) is 7.52. The number of nitrogens with one attached hydrogen (secondary N) is 3. The molecule has 5 aliphatic rings. The highest BCUT2D eigenvalue weighted by Gasteiger charge is 2.40. The van der Waals surface area contributed by atoms with Crippen LogP contribution in [0.5, 0.6) is 0 Å². The summed E-state index contributed by atoms with van der Waals surface area (Å²) in [7, 11) is 3.91. The average molecular weight is 1600 g/mol. The predicted molar refractivity (Wildman–Crippen MR) is 456 cm³/mol. The molecule has 0 saturated carbocycles. The Morgan fingerprint density at radius 1 is 0.398 bits per heavy atom. The fraction of sp³-hybridized carbons (Fsp3) is 0.320. The number of hydrogen-bond acceptors (Lipinski definition) is 14. The maximum absolute atomic E-state index is 14.7. The van der Waals surface area contributed by atoms with Crippen molar-refractivity contribution in [3.8, 4) is 33.8 Å². The van der Waals surface area contributed by atoms with Crippen LogP contribution in [0.25, 0.3) is 33.8 Å². The van der Waals surface area contributed by atoms with Gasteiger partial charge in [0.05, 0.1) is 34.8 Å². The second-order valence-corrected chi connectivity index (χ2v) is 31.4. The third-order valence-corrected chi connectivity index (χ3v) is 23.5. The van der Waals surface area contributed by atoms with Crippen molar-refractivity contribution in [3.63, 3.8) is 0 Å². The highest BCUT2D eigenvalue weighted by atomic mass is 19.4. The normalized spacial score (nSPS) is 16.4. The van der Waals surface area contributed by atoms with E-state index in [1.165, 1.54) is 80.1 Å². The predicted octanol–water partition coefficient (Wildman–Crippen LogP) is 21.0. The molecule has 2 fully saturated rings. The Kier molecular flexibility index (Phi) is 26.5. The molecule has 3 N–H and O–H groups in total. The lowest BCUT2D eigenvalue weighted by Crippen LogP contribution is -2.47. The van der Waals surface area contributed by atoms with Crippen LogP contribution in [0.1, 0.15) is 135 Å². The molecule has 14 nitrogen and oxygen atoms in total. The lowest BCUT2D eigenvalue weighted by atomic mass is 9.76. The first-order chi connectivity index (χ1) is 57.5. The van der Waals surface area contributed by atoms with Crippen LogP contribution in [-0.2, 0) is 55.6 Å². The second-order valence-electron chi connectivity index (χ2n) is 31.4. The van der Waals surface area contributed by atoms with Crippen molar-refractivity contribution in [1.29, 1.82) is 0 Å². The van der Waals surface area contributed by atoms with Crippen molar-refractivity contribution in [1.82, 2.24) is 49.5 Å². The number of likely N-dealkylation sites (N-methyl/N-ethyl adjacent to an activating group) is 1. The van der Waals surface area contributed by atoms with Gasteiger partial charge in [0.25, 0.3) is 0 Å². The van der Waals surface area contributed by atoms with E-state index in [9.17, 15) is 30.7 Å². The van der Waals surface area contributed by atoms with Gasteiger partial charge < -0.3 is 35.4 Å². The smallest absolute Gasteiger partial charge is 0.383 e. The van der Waals surface area contributed by atoms with E-state index in [0.717, 1.165) is 187 Å². The lowest BCUT2D eigenvalue weighted by molar-refractivity contribution is -0.139. The molecular formula is C97H100F7N13O. The Morgan fingerprint density at radius 3 is 1.14 bits per heavy atom. The molecule has 2 saturated heterocycles. The molecule has 2 unspecified atom stereocenters. The number of anilines is 6. The number of nitrogens with zero attached hydrogens (tertiary/aromatic N) is 10. The number of unbranched alkanes of at least 4 members (excludes halogenated alkanes) is 1. The van der Waals surface area contributed by atoms with Crippen LogP contribution in [0.4, 0.5) is 65.6 Å². The van der Waals surface area contributed by atoms with Gasteiger partial charge in [-0.1, -0.05) is 184 Å². The van der Waals surface area contributed by atoms with Gasteiger partial charge in [-0.25, -0.2) is 34.3 Å². The number of methoxy groups -OCH3 is 1. The number of fused-ring (bicyclic) bond motifs is 9. The topological polar surface area (TPSA) is 136 Å². The molecule has 608 valence electrons. The average Bonchev–Trinajstić information content (AvgIpc) is 0.763. The van der Waals surface area contributed by atoms with Gasteiger partial charge in [0.15, 0.2) is 0 Å². The molecule has 17 rings (SSSR count). The monoisotopic (exact) mass is 1600 g/mol. The summed E-state index contributed by atoms with van der Waals surface area (Å²) in [5.74, 6) is 0.424. The van der Waals surface area contributed by atoms with Gasteiger partial charge in [0.1, 0.15) is 5.82 Å². The molecule has 0 spiro atoms. The Hall–Kier alpha value is -11.1. The minimum absolute atomic E-state index is 0.0465. The molecule has 3 atom stereocenters. The minimum Gasteiger partial charge on any atom is -0.383 e. The van der Waals surface area contributed by atoms with E-state index in [1.807, 2.05) is 103 Å².